The van der Waals surface area contributed by atoms with Gasteiger partial charge in [0.25, 0.3) is 0 Å². The minimum atomic E-state index is -1.39. The maximum Gasteiger partial charge on any atom is 0.411 e. The smallest absolute Gasteiger partial charge is 0.411 e. The number of nitrogens with one attached hydrogen (secondary N) is 1. The summed E-state index contributed by atoms with van der Waals surface area (Å²) < 4.78 is 29.6. The van der Waals surface area contributed by atoms with E-state index in [0.29, 0.717) is 0 Å². The summed E-state index contributed by atoms with van der Waals surface area (Å²) in [6.45, 7) is -0.555. The van der Waals surface area contributed by atoms with Crippen LogP contribution in [-0.4, -0.2) is 29.7 Å². The van der Waals surface area contributed by atoms with Crippen molar-refractivity contribution in [1.82, 2.24) is 5.16 Å². The summed E-state index contributed by atoms with van der Waals surface area (Å²) >= 11 is 0. The fourth-order valence-electron chi connectivity index (χ4n) is 0.897. The second-order valence-corrected chi connectivity index (χ2v) is 3.33. The molecule has 1 rings (SSSR count). The van der Waals surface area contributed by atoms with Crippen LogP contribution in [0.1, 0.15) is 12.6 Å². The number of hydrogen-bond acceptors (Lipinski definition) is 3. The molecule has 1 aromatic rings. The number of nitrogens with zero attached hydrogens (tertiary/aromatic N) is 1. The molecule has 0 radical (unpaired) electrons. The Labute approximate surface area is 84.1 Å². The Morgan fingerprint density at radius 1 is 1.67 bits per heavy atom. The third-order valence-electron chi connectivity index (χ3n) is 1.95. The molecule has 1 heterocycles. The zero-order valence-electron chi connectivity index (χ0n) is 7.96. The fourth-order valence-corrected chi connectivity index (χ4v) is 0.897. The van der Waals surface area contributed by atoms with Crippen molar-refractivity contribution in [1.29, 1.82) is 0 Å². The molecule has 0 bridgehead atoms. The standard InChI is InChI=1S/C8H10F2N2O3/c1-8(3-9,4-10)5-2-6(15-12-5)11-7(13)14/h2,11H,3-4H2,1H3,(H,13,14). The van der Waals surface area contributed by atoms with Gasteiger partial charge in [0.15, 0.2) is 0 Å². The van der Waals surface area contributed by atoms with Crippen LogP contribution in [0.15, 0.2) is 10.6 Å². The maximum atomic E-state index is 12.5. The molecule has 2 N–H and O–H groups in total. The van der Waals surface area contributed by atoms with E-state index >= 15 is 0 Å². The third kappa shape index (κ3) is 2.42. The van der Waals surface area contributed by atoms with Gasteiger partial charge in [-0.1, -0.05) is 5.16 Å². The van der Waals surface area contributed by atoms with E-state index in [2.05, 4.69) is 9.68 Å². The number of aromatic nitrogens is 1. The van der Waals surface area contributed by atoms with Crippen molar-refractivity contribution in [2.75, 3.05) is 18.7 Å². The van der Waals surface area contributed by atoms with Crippen molar-refractivity contribution in [2.24, 2.45) is 0 Å². The molecule has 5 nitrogen and oxygen atoms in total. The molecule has 0 spiro atoms. The topological polar surface area (TPSA) is 75.4 Å². The van der Waals surface area contributed by atoms with E-state index in [-0.39, 0.29) is 11.6 Å². The molecule has 1 amide bonds. The van der Waals surface area contributed by atoms with E-state index in [0.717, 1.165) is 6.07 Å². The van der Waals surface area contributed by atoms with Crippen molar-refractivity contribution in [2.45, 2.75) is 12.3 Å². The normalized spacial score (nSPS) is 11.4. The van der Waals surface area contributed by atoms with Crippen LogP contribution in [0.2, 0.25) is 0 Å². The monoisotopic (exact) mass is 220 g/mol. The summed E-state index contributed by atoms with van der Waals surface area (Å²) in [6.07, 6.45) is -1.33. The largest absolute Gasteiger partial charge is 0.465 e. The van der Waals surface area contributed by atoms with E-state index in [1.807, 2.05) is 5.32 Å². The van der Waals surface area contributed by atoms with Gasteiger partial charge in [-0.15, -0.1) is 0 Å². The zero-order chi connectivity index (χ0) is 11.5. The lowest BCUT2D eigenvalue weighted by Crippen LogP contribution is -2.27. The van der Waals surface area contributed by atoms with Crippen LogP contribution in [0.3, 0.4) is 0 Å². The molecule has 0 fully saturated rings. The zero-order valence-corrected chi connectivity index (χ0v) is 7.96. The maximum absolute atomic E-state index is 12.5. The predicted molar refractivity (Wildman–Crippen MR) is 47.5 cm³/mol. The van der Waals surface area contributed by atoms with Crippen LogP contribution in [0.5, 0.6) is 0 Å². The van der Waals surface area contributed by atoms with Crippen molar-refractivity contribution in [3.8, 4) is 0 Å². The lowest BCUT2D eigenvalue weighted by molar-refractivity contribution is 0.208. The number of carboxylic acid groups (broad SMARTS) is 1. The van der Waals surface area contributed by atoms with Gasteiger partial charge in [-0.2, -0.15) is 0 Å². The van der Waals surface area contributed by atoms with Gasteiger partial charge in [-0.25, -0.2) is 13.6 Å². The van der Waals surface area contributed by atoms with Crippen molar-refractivity contribution >= 4 is 12.0 Å². The molecule has 0 aliphatic heterocycles. The van der Waals surface area contributed by atoms with E-state index in [1.54, 1.807) is 0 Å². The van der Waals surface area contributed by atoms with Gasteiger partial charge in [0, 0.05) is 6.07 Å². The Bertz CT molecular complexity index is 349. The summed E-state index contributed by atoms with van der Waals surface area (Å²) in [6, 6.07) is 1.16. The van der Waals surface area contributed by atoms with E-state index in [1.165, 1.54) is 6.92 Å². The van der Waals surface area contributed by atoms with Crippen LogP contribution in [0.25, 0.3) is 0 Å². The summed E-state index contributed by atoms with van der Waals surface area (Å²) in [5.41, 5.74) is -1.35. The highest BCUT2D eigenvalue weighted by Gasteiger charge is 2.31. The molecule has 0 atom stereocenters. The summed E-state index contributed by atoms with van der Waals surface area (Å²) in [7, 11) is 0. The van der Waals surface area contributed by atoms with Gasteiger partial charge in [0.2, 0.25) is 5.88 Å². The lowest BCUT2D eigenvalue weighted by atomic mass is 9.90. The van der Waals surface area contributed by atoms with Gasteiger partial charge < -0.3 is 9.63 Å². The first-order valence-electron chi connectivity index (χ1n) is 4.11. The van der Waals surface area contributed by atoms with Gasteiger partial charge in [0.05, 0.1) is 11.1 Å². The number of halogens is 2. The average Bonchev–Trinajstić information content (AvgIpc) is 2.64. The van der Waals surface area contributed by atoms with Gasteiger partial charge in [0.1, 0.15) is 13.3 Å². The molecule has 15 heavy (non-hydrogen) atoms. The summed E-state index contributed by atoms with van der Waals surface area (Å²) in [5, 5.41) is 13.6. The number of alkyl halides is 2. The fraction of sp³-hybridized carbons (Fsp3) is 0.500. The number of rotatable bonds is 4. The van der Waals surface area contributed by atoms with Crippen molar-refractivity contribution < 1.29 is 23.2 Å². The average molecular weight is 220 g/mol. The highest BCUT2D eigenvalue weighted by atomic mass is 19.1. The van der Waals surface area contributed by atoms with E-state index in [9.17, 15) is 13.6 Å². The highest BCUT2D eigenvalue weighted by Crippen LogP contribution is 2.26. The predicted octanol–water partition coefficient (Wildman–Crippen LogP) is 1.96. The molecule has 84 valence electrons. The van der Waals surface area contributed by atoms with Gasteiger partial charge in [-0.3, -0.25) is 5.32 Å². The lowest BCUT2D eigenvalue weighted by Gasteiger charge is -2.17. The SMILES string of the molecule is CC(CF)(CF)c1cc(NC(=O)O)on1. The third-order valence-corrected chi connectivity index (χ3v) is 1.95. The molecule has 7 heteroatoms. The second-order valence-electron chi connectivity index (χ2n) is 3.33. The van der Waals surface area contributed by atoms with Crippen LogP contribution in [-0.2, 0) is 5.41 Å². The Morgan fingerprint density at radius 2 is 2.27 bits per heavy atom. The minimum absolute atomic E-state index is 0.0382. The van der Waals surface area contributed by atoms with E-state index in [4.69, 9.17) is 5.11 Å². The molecule has 1 aromatic heterocycles. The molecular formula is C8H10F2N2O3. The van der Waals surface area contributed by atoms with Gasteiger partial charge >= 0.3 is 6.09 Å². The molecule has 0 unspecified atom stereocenters. The van der Waals surface area contributed by atoms with Gasteiger partial charge in [-0.05, 0) is 6.92 Å². The number of anilines is 1. The first-order chi connectivity index (χ1) is 7.01. The molecule has 0 aromatic carbocycles. The van der Waals surface area contributed by atoms with Crippen LogP contribution in [0, 0.1) is 0 Å². The summed E-state index contributed by atoms with van der Waals surface area (Å²) in [5.74, 6) is -0.161. The van der Waals surface area contributed by atoms with Crippen molar-refractivity contribution in [3.63, 3.8) is 0 Å². The van der Waals surface area contributed by atoms with Crippen LogP contribution in [0.4, 0.5) is 19.5 Å². The van der Waals surface area contributed by atoms with E-state index < -0.39 is 24.9 Å². The number of amides is 1. The summed E-state index contributed by atoms with van der Waals surface area (Å²) in [4.78, 5) is 10.2. The molecule has 0 saturated heterocycles. The molecule has 0 aliphatic rings. The Balaban J connectivity index is 2.87. The first-order valence-corrected chi connectivity index (χ1v) is 4.11. The quantitative estimate of drug-likeness (QED) is 0.813. The Hall–Kier alpha value is -1.66. The first kappa shape index (κ1) is 11.4. The minimum Gasteiger partial charge on any atom is -0.465 e. The molecule has 0 aliphatic carbocycles. The number of carbonyl (C=O) groups is 1. The molecule has 0 saturated carbocycles. The van der Waals surface area contributed by atoms with Crippen LogP contribution < -0.4 is 5.32 Å². The highest BCUT2D eigenvalue weighted by molar-refractivity contribution is 5.80. The Morgan fingerprint density at radius 3 is 2.73 bits per heavy atom. The second kappa shape index (κ2) is 4.24. The Kier molecular flexibility index (Phi) is 3.23. The molecular weight excluding hydrogens is 210 g/mol. The van der Waals surface area contributed by atoms with Crippen LogP contribution >= 0.6 is 0 Å². The number of hydrogen-bond donors (Lipinski definition) is 2. The van der Waals surface area contributed by atoms with Crippen molar-refractivity contribution in [3.05, 3.63) is 11.8 Å².